The second-order valence-corrected chi connectivity index (χ2v) is 5.71. The molecule has 2 N–H and O–H groups in total. The van der Waals surface area contributed by atoms with Crippen LogP contribution in [-0.2, 0) is 11.3 Å². The molecule has 0 radical (unpaired) electrons. The van der Waals surface area contributed by atoms with E-state index in [9.17, 15) is 13.6 Å². The molecule has 26 heavy (non-hydrogen) atoms. The largest absolute Gasteiger partial charge is 0.376 e. The number of hydrogen-bond acceptors (Lipinski definition) is 5. The minimum Gasteiger partial charge on any atom is -0.376 e. The number of carbonyl (C=O) groups is 1. The molecule has 3 aromatic rings. The van der Waals surface area contributed by atoms with Crippen molar-refractivity contribution >= 4 is 17.3 Å². The Hall–Kier alpha value is -3.29. The van der Waals surface area contributed by atoms with E-state index < -0.39 is 5.82 Å². The summed E-state index contributed by atoms with van der Waals surface area (Å²) in [6.07, 6.45) is 0. The number of benzene rings is 2. The van der Waals surface area contributed by atoms with Crippen LogP contribution in [0.3, 0.4) is 0 Å². The van der Waals surface area contributed by atoms with E-state index in [4.69, 9.17) is 4.52 Å². The third-order valence-corrected chi connectivity index (χ3v) is 3.62. The first kappa shape index (κ1) is 17.5. The number of anilines is 2. The summed E-state index contributed by atoms with van der Waals surface area (Å²) >= 11 is 0. The van der Waals surface area contributed by atoms with E-state index in [1.54, 1.807) is 19.1 Å². The Morgan fingerprint density at radius 1 is 1.15 bits per heavy atom. The van der Waals surface area contributed by atoms with Gasteiger partial charge in [-0.3, -0.25) is 4.79 Å². The Kier molecular flexibility index (Phi) is 4.92. The van der Waals surface area contributed by atoms with Gasteiger partial charge in [0.15, 0.2) is 0 Å². The zero-order valence-electron chi connectivity index (χ0n) is 14.1. The first-order valence-electron chi connectivity index (χ1n) is 7.82. The van der Waals surface area contributed by atoms with E-state index >= 15 is 0 Å². The Morgan fingerprint density at radius 2 is 1.96 bits per heavy atom. The number of rotatable bonds is 5. The van der Waals surface area contributed by atoms with Gasteiger partial charge < -0.3 is 15.2 Å². The van der Waals surface area contributed by atoms with E-state index in [2.05, 4.69) is 20.8 Å². The molecule has 0 unspecified atom stereocenters. The van der Waals surface area contributed by atoms with Crippen molar-refractivity contribution in [1.82, 2.24) is 10.1 Å². The van der Waals surface area contributed by atoms with Gasteiger partial charge in [0.05, 0.1) is 12.2 Å². The van der Waals surface area contributed by atoms with Crippen molar-refractivity contribution < 1.29 is 18.1 Å². The third kappa shape index (κ3) is 4.02. The van der Waals surface area contributed by atoms with Gasteiger partial charge >= 0.3 is 0 Å². The van der Waals surface area contributed by atoms with Crippen molar-refractivity contribution in [1.29, 1.82) is 0 Å². The number of amides is 1. The van der Waals surface area contributed by atoms with Gasteiger partial charge in [-0.05, 0) is 36.8 Å². The molecule has 0 aliphatic heterocycles. The van der Waals surface area contributed by atoms with Crippen molar-refractivity contribution in [3.8, 4) is 11.4 Å². The highest BCUT2D eigenvalue weighted by molar-refractivity contribution is 5.89. The van der Waals surface area contributed by atoms with E-state index in [1.165, 1.54) is 31.2 Å². The summed E-state index contributed by atoms with van der Waals surface area (Å²) in [7, 11) is 0. The topological polar surface area (TPSA) is 80.0 Å². The average molecular weight is 358 g/mol. The summed E-state index contributed by atoms with van der Waals surface area (Å²) < 4.78 is 32.4. The van der Waals surface area contributed by atoms with Gasteiger partial charge in [0.25, 0.3) is 0 Å². The summed E-state index contributed by atoms with van der Waals surface area (Å²) in [5, 5.41) is 9.24. The molecule has 0 aliphatic carbocycles. The highest BCUT2D eigenvalue weighted by Gasteiger charge is 2.11. The zero-order chi connectivity index (χ0) is 18.7. The molecule has 8 heteroatoms. The van der Waals surface area contributed by atoms with Crippen LogP contribution < -0.4 is 10.6 Å². The number of halogens is 2. The van der Waals surface area contributed by atoms with Crippen LogP contribution in [0.1, 0.15) is 18.4 Å². The number of hydrogen-bond donors (Lipinski definition) is 2. The molecule has 0 aliphatic rings. The maximum Gasteiger partial charge on any atom is 0.246 e. The first-order chi connectivity index (χ1) is 12.4. The van der Waals surface area contributed by atoms with Gasteiger partial charge in [0.2, 0.25) is 17.6 Å². The number of aromatic nitrogens is 2. The standard InChI is InChI=1S/C18H16F2N4O2/c1-10-3-4-12(7-15(10)20)18-23-17(26-24-18)9-21-13-5-6-14(19)16(8-13)22-11(2)25/h3-8,21H,9H2,1-2H3,(H,22,25). The monoisotopic (exact) mass is 358 g/mol. The van der Waals surface area contributed by atoms with Crippen molar-refractivity contribution in [2.75, 3.05) is 10.6 Å². The highest BCUT2D eigenvalue weighted by Crippen LogP contribution is 2.21. The maximum absolute atomic E-state index is 13.6. The minimum atomic E-state index is -0.535. The number of nitrogens with zero attached hydrogens (tertiary/aromatic N) is 2. The van der Waals surface area contributed by atoms with Crippen molar-refractivity contribution in [3.05, 3.63) is 59.5 Å². The molecule has 2 aromatic carbocycles. The molecule has 0 fully saturated rings. The molecule has 1 aromatic heterocycles. The molecule has 0 spiro atoms. The first-order valence-corrected chi connectivity index (χ1v) is 7.82. The van der Waals surface area contributed by atoms with Crippen LogP contribution >= 0.6 is 0 Å². The summed E-state index contributed by atoms with van der Waals surface area (Å²) in [5.74, 6) is -0.686. The minimum absolute atomic E-state index is 0.0730. The van der Waals surface area contributed by atoms with E-state index in [-0.39, 0.29) is 35.7 Å². The fraction of sp³-hybridized carbons (Fsp3) is 0.167. The van der Waals surface area contributed by atoms with Gasteiger partial charge in [0, 0.05) is 18.2 Å². The molecule has 1 amide bonds. The Morgan fingerprint density at radius 3 is 2.69 bits per heavy atom. The van der Waals surface area contributed by atoms with Gasteiger partial charge in [-0.25, -0.2) is 8.78 Å². The van der Waals surface area contributed by atoms with Crippen molar-refractivity contribution in [2.24, 2.45) is 0 Å². The molecule has 6 nitrogen and oxygen atoms in total. The molecule has 0 saturated carbocycles. The second-order valence-electron chi connectivity index (χ2n) is 5.71. The lowest BCUT2D eigenvalue weighted by Gasteiger charge is -2.08. The molecular formula is C18H16F2N4O2. The summed E-state index contributed by atoms with van der Waals surface area (Å²) in [6.45, 7) is 3.16. The Labute approximate surface area is 148 Å². The van der Waals surface area contributed by atoms with Gasteiger partial charge in [-0.1, -0.05) is 17.3 Å². The fourth-order valence-corrected chi connectivity index (χ4v) is 2.27. The van der Waals surface area contributed by atoms with Crippen LogP contribution in [0.25, 0.3) is 11.4 Å². The van der Waals surface area contributed by atoms with Gasteiger partial charge in [-0.15, -0.1) is 0 Å². The van der Waals surface area contributed by atoms with Crippen LogP contribution in [0.4, 0.5) is 20.2 Å². The predicted octanol–water partition coefficient (Wildman–Crippen LogP) is 3.89. The molecular weight excluding hydrogens is 342 g/mol. The molecule has 0 atom stereocenters. The third-order valence-electron chi connectivity index (χ3n) is 3.62. The lowest BCUT2D eigenvalue weighted by atomic mass is 10.1. The van der Waals surface area contributed by atoms with Crippen LogP contribution in [-0.4, -0.2) is 16.0 Å². The summed E-state index contributed by atoms with van der Waals surface area (Å²) in [6, 6.07) is 8.91. The molecule has 0 saturated heterocycles. The summed E-state index contributed by atoms with van der Waals surface area (Å²) in [4.78, 5) is 15.3. The maximum atomic E-state index is 13.6. The lowest BCUT2D eigenvalue weighted by molar-refractivity contribution is -0.114. The number of carbonyl (C=O) groups excluding carboxylic acids is 1. The SMILES string of the molecule is CC(=O)Nc1cc(NCc2nc(-c3ccc(C)c(F)c3)no2)ccc1F. The molecule has 3 rings (SSSR count). The molecule has 0 bridgehead atoms. The smallest absolute Gasteiger partial charge is 0.246 e. The van der Waals surface area contributed by atoms with Crippen molar-refractivity contribution in [3.63, 3.8) is 0 Å². The van der Waals surface area contributed by atoms with Crippen LogP contribution in [0, 0.1) is 18.6 Å². The second kappa shape index (κ2) is 7.30. The molecule has 134 valence electrons. The van der Waals surface area contributed by atoms with E-state index in [0.29, 0.717) is 16.8 Å². The predicted molar refractivity (Wildman–Crippen MR) is 92.5 cm³/mol. The highest BCUT2D eigenvalue weighted by atomic mass is 19.1. The quantitative estimate of drug-likeness (QED) is 0.723. The normalized spacial score (nSPS) is 10.6. The average Bonchev–Trinajstić information content (AvgIpc) is 3.06. The number of nitrogens with one attached hydrogen (secondary N) is 2. The number of aryl methyl sites for hydroxylation is 1. The van der Waals surface area contributed by atoms with Crippen LogP contribution in [0.2, 0.25) is 0 Å². The zero-order valence-corrected chi connectivity index (χ0v) is 14.1. The van der Waals surface area contributed by atoms with E-state index in [0.717, 1.165) is 0 Å². The van der Waals surface area contributed by atoms with Crippen LogP contribution in [0.5, 0.6) is 0 Å². The Bertz CT molecular complexity index is 956. The summed E-state index contributed by atoms with van der Waals surface area (Å²) in [5.41, 5.74) is 1.68. The van der Waals surface area contributed by atoms with Gasteiger partial charge in [0.1, 0.15) is 11.6 Å². The lowest BCUT2D eigenvalue weighted by Crippen LogP contribution is -2.08. The Balaban J connectivity index is 1.70. The van der Waals surface area contributed by atoms with Gasteiger partial charge in [-0.2, -0.15) is 4.98 Å². The van der Waals surface area contributed by atoms with Crippen molar-refractivity contribution in [2.45, 2.75) is 20.4 Å². The van der Waals surface area contributed by atoms with Crippen LogP contribution in [0.15, 0.2) is 40.9 Å². The van der Waals surface area contributed by atoms with E-state index in [1.807, 2.05) is 0 Å². The molecule has 1 heterocycles. The fourth-order valence-electron chi connectivity index (χ4n) is 2.27.